The summed E-state index contributed by atoms with van der Waals surface area (Å²) in [5.41, 5.74) is 0.678. The molecule has 0 aliphatic carbocycles. The molecule has 88 valence electrons. The van der Waals surface area contributed by atoms with E-state index in [1.54, 1.807) is 6.92 Å². The summed E-state index contributed by atoms with van der Waals surface area (Å²) in [7, 11) is 0. The number of carbonyl (C=O) groups excluding carboxylic acids is 1. The Labute approximate surface area is 94.0 Å². The van der Waals surface area contributed by atoms with E-state index in [0.29, 0.717) is 6.42 Å². The molecule has 5 N–H and O–H groups in total. The molecule has 1 aromatic rings. The van der Waals surface area contributed by atoms with Crippen molar-refractivity contribution in [2.75, 3.05) is 0 Å². The maximum Gasteiger partial charge on any atom is 0.342 e. The van der Waals surface area contributed by atoms with Crippen molar-refractivity contribution in [1.82, 2.24) is 20.6 Å². The van der Waals surface area contributed by atoms with Gasteiger partial charge in [0.1, 0.15) is 0 Å². The van der Waals surface area contributed by atoms with E-state index >= 15 is 0 Å². The number of aromatic nitrogens is 3. The molecule has 0 saturated heterocycles. The van der Waals surface area contributed by atoms with Crippen LogP contribution in [0.4, 0.5) is 0 Å². The van der Waals surface area contributed by atoms with E-state index < -0.39 is 22.4 Å². The molecule has 0 aliphatic rings. The number of hydrogen-bond acceptors (Lipinski definition) is 6. The van der Waals surface area contributed by atoms with Crippen LogP contribution in [0.15, 0.2) is 14.6 Å². The molecule has 1 heterocycles. The molecular formula is C7H11N5O3S. The van der Waals surface area contributed by atoms with Crippen LogP contribution < -0.4 is 22.5 Å². The molecule has 0 aromatic carbocycles. The number of hydrogen-bond donors (Lipinski definition) is 4. The normalized spacial score (nSPS) is 12.1. The van der Waals surface area contributed by atoms with Gasteiger partial charge in [-0.3, -0.25) is 20.0 Å². The van der Waals surface area contributed by atoms with Gasteiger partial charge in [0.25, 0.3) is 5.56 Å². The molecular weight excluding hydrogens is 234 g/mol. The van der Waals surface area contributed by atoms with Gasteiger partial charge in [-0.15, -0.1) is 0 Å². The predicted octanol–water partition coefficient (Wildman–Crippen LogP) is -1.68. The monoisotopic (exact) mass is 245 g/mol. The summed E-state index contributed by atoms with van der Waals surface area (Å²) >= 11 is 0.940. The smallest absolute Gasteiger partial charge is 0.293 e. The quantitative estimate of drug-likeness (QED) is 0.217. The summed E-state index contributed by atoms with van der Waals surface area (Å²) in [6.07, 6.45) is 0.480. The van der Waals surface area contributed by atoms with Crippen LogP contribution in [0.5, 0.6) is 0 Å². The molecule has 1 aromatic heterocycles. The van der Waals surface area contributed by atoms with Gasteiger partial charge >= 0.3 is 5.69 Å². The average molecular weight is 245 g/mol. The summed E-state index contributed by atoms with van der Waals surface area (Å²) < 4.78 is 0. The second-order valence-corrected chi connectivity index (χ2v) is 4.03. The fraction of sp³-hybridized carbons (Fsp3) is 0.429. The fourth-order valence-electron chi connectivity index (χ4n) is 0.967. The number of rotatable bonds is 4. The first-order chi connectivity index (χ1) is 7.58. The summed E-state index contributed by atoms with van der Waals surface area (Å²) in [4.78, 5) is 35.3. The summed E-state index contributed by atoms with van der Waals surface area (Å²) in [5.74, 6) is 4.58. The zero-order valence-electron chi connectivity index (χ0n) is 8.44. The number of nitrogens with zero attached hydrogens (tertiary/aromatic N) is 1. The molecule has 0 bridgehead atoms. The lowest BCUT2D eigenvalue weighted by atomic mass is 10.3. The van der Waals surface area contributed by atoms with Crippen molar-refractivity contribution in [1.29, 1.82) is 0 Å². The lowest BCUT2D eigenvalue weighted by molar-refractivity contribution is -0.120. The van der Waals surface area contributed by atoms with Crippen molar-refractivity contribution in [3.63, 3.8) is 0 Å². The minimum atomic E-state index is -0.689. The topological polar surface area (TPSA) is 134 Å². The van der Waals surface area contributed by atoms with E-state index in [-0.39, 0.29) is 5.03 Å². The number of carbonyl (C=O) groups is 1. The van der Waals surface area contributed by atoms with Crippen LogP contribution in [0, 0.1) is 0 Å². The molecule has 0 radical (unpaired) electrons. The Bertz CT molecular complexity index is 481. The Morgan fingerprint density at radius 3 is 2.81 bits per heavy atom. The summed E-state index contributed by atoms with van der Waals surface area (Å²) in [6, 6.07) is 0. The highest BCUT2D eigenvalue weighted by molar-refractivity contribution is 8.00. The molecule has 1 amide bonds. The predicted molar refractivity (Wildman–Crippen MR) is 57.7 cm³/mol. The zero-order valence-corrected chi connectivity index (χ0v) is 9.26. The van der Waals surface area contributed by atoms with Crippen molar-refractivity contribution in [3.8, 4) is 0 Å². The van der Waals surface area contributed by atoms with E-state index in [1.807, 2.05) is 10.4 Å². The Balaban J connectivity index is 2.90. The first-order valence-corrected chi connectivity index (χ1v) is 5.32. The zero-order chi connectivity index (χ0) is 12.1. The first-order valence-electron chi connectivity index (χ1n) is 4.44. The SMILES string of the molecule is CC[C@@H](Sc1n[nH]c(=O)[nH]c1=O)C(=O)NN. The van der Waals surface area contributed by atoms with E-state index in [0.717, 1.165) is 11.8 Å². The van der Waals surface area contributed by atoms with Gasteiger partial charge in [0.15, 0.2) is 5.03 Å². The van der Waals surface area contributed by atoms with Crippen molar-refractivity contribution >= 4 is 17.7 Å². The first kappa shape index (κ1) is 12.5. The Morgan fingerprint density at radius 1 is 1.62 bits per heavy atom. The number of aromatic amines is 2. The minimum Gasteiger partial charge on any atom is -0.293 e. The van der Waals surface area contributed by atoms with Crippen LogP contribution >= 0.6 is 11.8 Å². The van der Waals surface area contributed by atoms with E-state index in [4.69, 9.17) is 5.84 Å². The molecule has 9 heteroatoms. The maximum absolute atomic E-state index is 11.3. The van der Waals surface area contributed by atoms with Crippen LogP contribution in [0.2, 0.25) is 0 Å². The van der Waals surface area contributed by atoms with E-state index in [9.17, 15) is 14.4 Å². The number of nitrogens with two attached hydrogens (primary N) is 1. The second-order valence-electron chi connectivity index (χ2n) is 2.84. The standard InChI is InChI=1S/C7H11N5O3S/c1-2-3(4(13)10-8)16-6-5(14)9-7(15)12-11-6/h3H,2,8H2,1H3,(H,10,13)(H2,9,12,14,15)/t3-/m1/s1. The van der Waals surface area contributed by atoms with Gasteiger partial charge in [0.2, 0.25) is 5.91 Å². The lowest BCUT2D eigenvalue weighted by Gasteiger charge is -2.10. The number of nitrogens with one attached hydrogen (secondary N) is 3. The van der Waals surface area contributed by atoms with E-state index in [1.165, 1.54) is 0 Å². The molecule has 0 fully saturated rings. The van der Waals surface area contributed by atoms with Crippen molar-refractivity contribution in [2.24, 2.45) is 5.84 Å². The highest BCUT2D eigenvalue weighted by Gasteiger charge is 2.19. The van der Waals surface area contributed by atoms with Crippen molar-refractivity contribution in [3.05, 3.63) is 20.8 Å². The van der Waals surface area contributed by atoms with Gasteiger partial charge in [0, 0.05) is 0 Å². The van der Waals surface area contributed by atoms with Gasteiger partial charge in [-0.25, -0.2) is 15.7 Å². The third-order valence-corrected chi connectivity index (χ3v) is 3.07. The van der Waals surface area contributed by atoms with Gasteiger partial charge in [0.05, 0.1) is 5.25 Å². The Hall–Kier alpha value is -1.61. The van der Waals surface area contributed by atoms with Gasteiger partial charge in [-0.2, -0.15) is 5.10 Å². The Kier molecular flexibility index (Phi) is 4.26. The fourth-order valence-corrected chi connectivity index (χ4v) is 1.83. The summed E-state index contributed by atoms with van der Waals surface area (Å²) in [5, 5.41) is 5.12. The van der Waals surface area contributed by atoms with Gasteiger partial charge < -0.3 is 0 Å². The minimum absolute atomic E-state index is 0.0232. The molecule has 1 rings (SSSR count). The molecule has 8 nitrogen and oxygen atoms in total. The Morgan fingerprint density at radius 2 is 2.31 bits per heavy atom. The third-order valence-electron chi connectivity index (χ3n) is 1.74. The van der Waals surface area contributed by atoms with Crippen LogP contribution in [-0.4, -0.2) is 26.3 Å². The van der Waals surface area contributed by atoms with Crippen molar-refractivity contribution < 1.29 is 4.79 Å². The van der Waals surface area contributed by atoms with Crippen LogP contribution in [0.25, 0.3) is 0 Å². The lowest BCUT2D eigenvalue weighted by Crippen LogP contribution is -2.38. The van der Waals surface area contributed by atoms with Crippen molar-refractivity contribution in [2.45, 2.75) is 23.6 Å². The molecule has 16 heavy (non-hydrogen) atoms. The van der Waals surface area contributed by atoms with Gasteiger partial charge in [-0.1, -0.05) is 18.7 Å². The second kappa shape index (κ2) is 5.47. The molecule has 0 unspecified atom stereocenters. The average Bonchev–Trinajstić information content (AvgIpc) is 2.27. The maximum atomic E-state index is 11.3. The van der Waals surface area contributed by atoms with Crippen LogP contribution in [-0.2, 0) is 4.79 Å². The largest absolute Gasteiger partial charge is 0.342 e. The molecule has 0 saturated carbocycles. The number of thioether (sulfide) groups is 1. The van der Waals surface area contributed by atoms with Crippen LogP contribution in [0.1, 0.15) is 13.3 Å². The summed E-state index contributed by atoms with van der Waals surface area (Å²) in [6.45, 7) is 1.77. The highest BCUT2D eigenvalue weighted by Crippen LogP contribution is 2.19. The highest BCUT2D eigenvalue weighted by atomic mass is 32.2. The molecule has 0 aliphatic heterocycles. The number of amides is 1. The van der Waals surface area contributed by atoms with E-state index in [2.05, 4.69) is 10.2 Å². The van der Waals surface area contributed by atoms with Crippen LogP contribution in [0.3, 0.4) is 0 Å². The number of hydrazine groups is 1. The molecule has 0 spiro atoms. The molecule has 1 atom stereocenters. The van der Waals surface area contributed by atoms with Gasteiger partial charge in [-0.05, 0) is 6.42 Å². The number of H-pyrrole nitrogens is 2. The third kappa shape index (κ3) is 2.94.